The van der Waals surface area contributed by atoms with E-state index in [0.29, 0.717) is 11.8 Å². The molecule has 14 heavy (non-hydrogen) atoms. The first-order valence-corrected chi connectivity index (χ1v) is 5.44. The number of benzene rings is 1. The van der Waals surface area contributed by atoms with E-state index in [1.54, 1.807) is 0 Å². The van der Waals surface area contributed by atoms with Crippen LogP contribution in [0.25, 0.3) is 0 Å². The lowest BCUT2D eigenvalue weighted by Crippen LogP contribution is -2.15. The number of fused-ring (bicyclic) bond motifs is 1. The highest BCUT2D eigenvalue weighted by molar-refractivity contribution is 5.36. The Kier molecular flexibility index (Phi) is 2.60. The molecule has 76 valence electrons. The fraction of sp³-hybridized carbons (Fsp3) is 0.538. The molecule has 1 nitrogen and oxygen atoms in total. The molecular weight excluding hydrogens is 172 g/mol. The predicted octanol–water partition coefficient (Wildman–Crippen LogP) is 2.73. The summed E-state index contributed by atoms with van der Waals surface area (Å²) >= 11 is 0. The molecule has 0 saturated carbocycles. The number of rotatable bonds is 2. The Morgan fingerprint density at radius 1 is 1.36 bits per heavy atom. The van der Waals surface area contributed by atoms with Crippen molar-refractivity contribution in [2.45, 2.75) is 38.7 Å². The molecule has 2 rings (SSSR count). The summed E-state index contributed by atoms with van der Waals surface area (Å²) in [4.78, 5) is 0. The highest BCUT2D eigenvalue weighted by Gasteiger charge is 2.30. The fourth-order valence-electron chi connectivity index (χ4n) is 2.45. The van der Waals surface area contributed by atoms with Crippen molar-refractivity contribution in [3.63, 3.8) is 0 Å². The summed E-state index contributed by atoms with van der Waals surface area (Å²) in [6.45, 7) is 4.43. The molecule has 0 bridgehead atoms. The molecule has 1 aliphatic rings. The summed E-state index contributed by atoms with van der Waals surface area (Å²) in [5, 5.41) is 9.96. The Balaban J connectivity index is 2.25. The van der Waals surface area contributed by atoms with Gasteiger partial charge in [0.1, 0.15) is 0 Å². The third kappa shape index (κ3) is 1.69. The van der Waals surface area contributed by atoms with Crippen molar-refractivity contribution in [3.8, 4) is 0 Å². The predicted molar refractivity (Wildman–Crippen MR) is 58.3 cm³/mol. The van der Waals surface area contributed by atoms with Gasteiger partial charge in [-0.2, -0.15) is 0 Å². The summed E-state index contributed by atoms with van der Waals surface area (Å²) in [6, 6.07) is 8.44. The first-order chi connectivity index (χ1) is 6.68. The molecule has 0 amide bonds. The van der Waals surface area contributed by atoms with Crippen LogP contribution in [-0.2, 0) is 6.42 Å². The van der Waals surface area contributed by atoms with E-state index in [0.717, 1.165) is 12.8 Å². The SMILES string of the molecule is CC(C)C[C@H]1c2ccccc2C[C@@H]1O. The molecule has 0 aromatic heterocycles. The van der Waals surface area contributed by atoms with E-state index in [1.807, 2.05) is 0 Å². The van der Waals surface area contributed by atoms with Gasteiger partial charge in [-0.1, -0.05) is 38.1 Å². The largest absolute Gasteiger partial charge is 0.392 e. The molecule has 2 atom stereocenters. The smallest absolute Gasteiger partial charge is 0.0649 e. The summed E-state index contributed by atoms with van der Waals surface area (Å²) in [5.74, 6) is 1.02. The lowest BCUT2D eigenvalue weighted by molar-refractivity contribution is 0.146. The van der Waals surface area contributed by atoms with Gasteiger partial charge in [0.2, 0.25) is 0 Å². The molecule has 0 saturated heterocycles. The fourth-order valence-corrected chi connectivity index (χ4v) is 2.45. The molecule has 0 aliphatic heterocycles. The van der Waals surface area contributed by atoms with E-state index in [-0.39, 0.29) is 6.10 Å². The Bertz CT molecular complexity index is 317. The van der Waals surface area contributed by atoms with Gasteiger partial charge < -0.3 is 5.11 Å². The van der Waals surface area contributed by atoms with Crippen LogP contribution in [0.2, 0.25) is 0 Å². The average Bonchev–Trinajstić information content (AvgIpc) is 2.43. The molecule has 1 aliphatic carbocycles. The molecule has 0 spiro atoms. The van der Waals surface area contributed by atoms with Crippen LogP contribution >= 0.6 is 0 Å². The van der Waals surface area contributed by atoms with Gasteiger partial charge in [-0.15, -0.1) is 0 Å². The van der Waals surface area contributed by atoms with Gasteiger partial charge >= 0.3 is 0 Å². The minimum absolute atomic E-state index is 0.158. The van der Waals surface area contributed by atoms with Crippen LogP contribution in [0.5, 0.6) is 0 Å². The minimum atomic E-state index is -0.158. The van der Waals surface area contributed by atoms with Crippen LogP contribution < -0.4 is 0 Å². The van der Waals surface area contributed by atoms with Crippen LogP contribution in [0.4, 0.5) is 0 Å². The third-order valence-electron chi connectivity index (χ3n) is 3.07. The van der Waals surface area contributed by atoms with Crippen molar-refractivity contribution in [1.29, 1.82) is 0 Å². The van der Waals surface area contributed by atoms with Crippen LogP contribution in [0.1, 0.15) is 37.3 Å². The second-order valence-electron chi connectivity index (χ2n) is 4.71. The average molecular weight is 190 g/mol. The van der Waals surface area contributed by atoms with E-state index in [9.17, 15) is 5.11 Å². The molecular formula is C13H18O. The van der Waals surface area contributed by atoms with Crippen LogP contribution in [-0.4, -0.2) is 11.2 Å². The van der Waals surface area contributed by atoms with Gasteiger partial charge in [-0.3, -0.25) is 0 Å². The number of hydrogen-bond acceptors (Lipinski definition) is 1. The van der Waals surface area contributed by atoms with Crippen LogP contribution in [0.3, 0.4) is 0 Å². The maximum atomic E-state index is 9.96. The van der Waals surface area contributed by atoms with Gasteiger partial charge in [-0.05, 0) is 29.9 Å². The Morgan fingerprint density at radius 2 is 2.07 bits per heavy atom. The van der Waals surface area contributed by atoms with E-state index in [4.69, 9.17) is 0 Å². The van der Waals surface area contributed by atoms with Crippen molar-refractivity contribution < 1.29 is 5.11 Å². The van der Waals surface area contributed by atoms with E-state index in [2.05, 4.69) is 38.1 Å². The second-order valence-corrected chi connectivity index (χ2v) is 4.71. The maximum absolute atomic E-state index is 9.96. The molecule has 1 aromatic rings. The van der Waals surface area contributed by atoms with Gasteiger partial charge in [0, 0.05) is 5.92 Å². The van der Waals surface area contributed by atoms with Gasteiger partial charge in [-0.25, -0.2) is 0 Å². The quantitative estimate of drug-likeness (QED) is 0.760. The Hall–Kier alpha value is -0.820. The second kappa shape index (κ2) is 3.74. The monoisotopic (exact) mass is 190 g/mol. The first-order valence-electron chi connectivity index (χ1n) is 5.44. The highest BCUT2D eigenvalue weighted by atomic mass is 16.3. The van der Waals surface area contributed by atoms with E-state index < -0.39 is 0 Å². The van der Waals surface area contributed by atoms with Gasteiger partial charge in [0.25, 0.3) is 0 Å². The zero-order chi connectivity index (χ0) is 10.1. The van der Waals surface area contributed by atoms with Crippen LogP contribution in [0.15, 0.2) is 24.3 Å². The lowest BCUT2D eigenvalue weighted by atomic mass is 9.90. The number of aliphatic hydroxyl groups excluding tert-OH is 1. The zero-order valence-corrected chi connectivity index (χ0v) is 8.90. The van der Waals surface area contributed by atoms with Crippen molar-refractivity contribution in [1.82, 2.24) is 0 Å². The van der Waals surface area contributed by atoms with Crippen LogP contribution in [0, 0.1) is 5.92 Å². The Morgan fingerprint density at radius 3 is 2.79 bits per heavy atom. The number of hydrogen-bond donors (Lipinski definition) is 1. The summed E-state index contributed by atoms with van der Waals surface area (Å²) in [7, 11) is 0. The van der Waals surface area contributed by atoms with Crippen molar-refractivity contribution >= 4 is 0 Å². The minimum Gasteiger partial charge on any atom is -0.392 e. The first kappa shape index (κ1) is 9.72. The summed E-state index contributed by atoms with van der Waals surface area (Å²) in [5.41, 5.74) is 2.71. The highest BCUT2D eigenvalue weighted by Crippen LogP contribution is 2.37. The molecule has 0 heterocycles. The Labute approximate surface area is 85.8 Å². The molecule has 1 N–H and O–H groups in total. The maximum Gasteiger partial charge on any atom is 0.0649 e. The van der Waals surface area contributed by atoms with Gasteiger partial charge in [0.05, 0.1) is 6.10 Å². The molecule has 0 fully saturated rings. The summed E-state index contributed by atoms with van der Waals surface area (Å²) in [6.07, 6.45) is 1.78. The molecule has 1 aromatic carbocycles. The zero-order valence-electron chi connectivity index (χ0n) is 8.90. The topological polar surface area (TPSA) is 20.2 Å². The summed E-state index contributed by atoms with van der Waals surface area (Å²) < 4.78 is 0. The molecule has 0 radical (unpaired) electrons. The van der Waals surface area contributed by atoms with E-state index in [1.165, 1.54) is 11.1 Å². The lowest BCUT2D eigenvalue weighted by Gasteiger charge is -2.17. The molecule has 0 unspecified atom stereocenters. The van der Waals surface area contributed by atoms with Crippen molar-refractivity contribution in [3.05, 3.63) is 35.4 Å². The third-order valence-corrected chi connectivity index (χ3v) is 3.07. The van der Waals surface area contributed by atoms with Crippen molar-refractivity contribution in [2.24, 2.45) is 5.92 Å². The van der Waals surface area contributed by atoms with E-state index >= 15 is 0 Å². The number of aliphatic hydroxyl groups is 1. The molecule has 1 heteroatoms. The normalized spacial score (nSPS) is 25.4. The van der Waals surface area contributed by atoms with Gasteiger partial charge in [0.15, 0.2) is 0 Å². The standard InChI is InChI=1S/C13H18O/c1-9(2)7-12-11-6-4-3-5-10(11)8-13(12)14/h3-6,9,12-14H,7-8H2,1-2H3/t12-,13-/m0/s1. The van der Waals surface area contributed by atoms with Crippen molar-refractivity contribution in [2.75, 3.05) is 0 Å².